The van der Waals surface area contributed by atoms with Crippen molar-refractivity contribution in [1.29, 1.82) is 0 Å². The molecule has 0 bridgehead atoms. The van der Waals surface area contributed by atoms with Gasteiger partial charge in [0.25, 0.3) is 5.91 Å². The van der Waals surface area contributed by atoms with Gasteiger partial charge in [-0.2, -0.15) is 0 Å². The monoisotopic (exact) mass is 352 g/mol. The molecular formula is C19H20N4O3. The number of ether oxygens (including phenoxy) is 2. The lowest BCUT2D eigenvalue weighted by atomic mass is 10.2. The zero-order valence-electron chi connectivity index (χ0n) is 14.9. The third-order valence-corrected chi connectivity index (χ3v) is 3.83. The van der Waals surface area contributed by atoms with Crippen LogP contribution in [0.25, 0.3) is 5.69 Å². The lowest BCUT2D eigenvalue weighted by Crippen LogP contribution is -2.14. The fraction of sp³-hybridized carbons (Fsp3) is 0.211. The molecule has 0 unspecified atom stereocenters. The van der Waals surface area contributed by atoms with Crippen LogP contribution < -0.4 is 14.8 Å². The van der Waals surface area contributed by atoms with Crippen molar-refractivity contribution < 1.29 is 14.3 Å². The number of hydrogen-bond acceptors (Lipinski definition) is 5. The number of rotatable bonds is 6. The Kier molecular flexibility index (Phi) is 5.17. The van der Waals surface area contributed by atoms with Crippen LogP contribution in [0.5, 0.6) is 11.5 Å². The minimum Gasteiger partial charge on any atom is -0.497 e. The standard InChI is InChI=1S/C19H20N4O3/c1-4-26-17-11-6-5-10-16(17)23-13(2)18(21-22-23)19(24)20-14-8-7-9-15(12-14)25-3/h5-12H,4H2,1-3H3,(H,20,24). The van der Waals surface area contributed by atoms with Crippen molar-refractivity contribution in [3.05, 3.63) is 59.9 Å². The Bertz CT molecular complexity index is 921. The van der Waals surface area contributed by atoms with Crippen molar-refractivity contribution in [2.75, 3.05) is 19.0 Å². The van der Waals surface area contributed by atoms with E-state index in [9.17, 15) is 4.79 Å². The molecule has 0 saturated carbocycles. The molecule has 7 nitrogen and oxygen atoms in total. The first-order valence-corrected chi connectivity index (χ1v) is 8.24. The number of nitrogens with one attached hydrogen (secondary N) is 1. The molecule has 0 aliphatic rings. The molecule has 0 aliphatic carbocycles. The maximum Gasteiger partial charge on any atom is 0.278 e. The third kappa shape index (κ3) is 3.51. The summed E-state index contributed by atoms with van der Waals surface area (Å²) in [5.74, 6) is 1.01. The number of aromatic nitrogens is 3. The van der Waals surface area contributed by atoms with E-state index in [1.807, 2.05) is 37.3 Å². The maximum absolute atomic E-state index is 12.6. The number of carbonyl (C=O) groups is 1. The largest absolute Gasteiger partial charge is 0.497 e. The molecule has 0 radical (unpaired) electrons. The van der Waals surface area contributed by atoms with Gasteiger partial charge in [-0.3, -0.25) is 4.79 Å². The van der Waals surface area contributed by atoms with Gasteiger partial charge in [0.2, 0.25) is 0 Å². The van der Waals surface area contributed by atoms with Gasteiger partial charge < -0.3 is 14.8 Å². The number of hydrogen-bond donors (Lipinski definition) is 1. The fourth-order valence-corrected chi connectivity index (χ4v) is 2.57. The van der Waals surface area contributed by atoms with Crippen LogP contribution in [0.15, 0.2) is 48.5 Å². The first-order valence-electron chi connectivity index (χ1n) is 8.24. The number of benzene rings is 2. The van der Waals surface area contributed by atoms with Gasteiger partial charge in [-0.1, -0.05) is 23.4 Å². The van der Waals surface area contributed by atoms with Gasteiger partial charge in [-0.15, -0.1) is 5.10 Å². The van der Waals surface area contributed by atoms with Gasteiger partial charge in [0.05, 0.1) is 19.4 Å². The van der Waals surface area contributed by atoms with Crippen LogP contribution in [0.1, 0.15) is 23.1 Å². The highest BCUT2D eigenvalue weighted by molar-refractivity contribution is 6.03. The molecule has 1 N–H and O–H groups in total. The van der Waals surface area contributed by atoms with Crippen LogP contribution in [0, 0.1) is 6.92 Å². The number of nitrogens with zero attached hydrogens (tertiary/aromatic N) is 3. The molecule has 26 heavy (non-hydrogen) atoms. The summed E-state index contributed by atoms with van der Waals surface area (Å²) in [6.45, 7) is 4.25. The van der Waals surface area contributed by atoms with Gasteiger partial charge in [0, 0.05) is 11.8 Å². The summed E-state index contributed by atoms with van der Waals surface area (Å²) in [6, 6.07) is 14.6. The Balaban J connectivity index is 1.88. The molecule has 7 heteroatoms. The first kappa shape index (κ1) is 17.5. The zero-order chi connectivity index (χ0) is 18.5. The summed E-state index contributed by atoms with van der Waals surface area (Å²) in [5.41, 5.74) is 2.23. The SMILES string of the molecule is CCOc1ccccc1-n1nnc(C(=O)Nc2cccc(OC)c2)c1C. The molecule has 1 aromatic heterocycles. The van der Waals surface area contributed by atoms with Gasteiger partial charge in [-0.05, 0) is 38.1 Å². The number of carbonyl (C=O) groups excluding carboxylic acids is 1. The van der Waals surface area contributed by atoms with Crippen molar-refractivity contribution in [2.24, 2.45) is 0 Å². The zero-order valence-corrected chi connectivity index (χ0v) is 14.9. The fourth-order valence-electron chi connectivity index (χ4n) is 2.57. The number of methoxy groups -OCH3 is 1. The van der Waals surface area contributed by atoms with E-state index < -0.39 is 0 Å². The Morgan fingerprint density at radius 2 is 2.00 bits per heavy atom. The van der Waals surface area contributed by atoms with Crippen LogP contribution in [0.2, 0.25) is 0 Å². The normalized spacial score (nSPS) is 10.4. The van der Waals surface area contributed by atoms with E-state index in [1.54, 1.807) is 36.9 Å². The van der Waals surface area contributed by atoms with Crippen molar-refractivity contribution in [3.8, 4) is 17.2 Å². The molecule has 0 fully saturated rings. The molecule has 3 rings (SSSR count). The quantitative estimate of drug-likeness (QED) is 0.737. The van der Waals surface area contributed by atoms with Gasteiger partial charge in [-0.25, -0.2) is 4.68 Å². The second-order valence-corrected chi connectivity index (χ2v) is 5.52. The Hall–Kier alpha value is -3.35. The molecule has 2 aromatic carbocycles. The van der Waals surface area contributed by atoms with E-state index in [4.69, 9.17) is 9.47 Å². The van der Waals surface area contributed by atoms with Crippen LogP contribution in [-0.4, -0.2) is 34.6 Å². The minimum atomic E-state index is -0.337. The molecule has 0 saturated heterocycles. The second kappa shape index (κ2) is 7.69. The van der Waals surface area contributed by atoms with E-state index >= 15 is 0 Å². The van der Waals surface area contributed by atoms with Crippen molar-refractivity contribution in [2.45, 2.75) is 13.8 Å². The summed E-state index contributed by atoms with van der Waals surface area (Å²) < 4.78 is 12.4. The topological polar surface area (TPSA) is 78.3 Å². The smallest absolute Gasteiger partial charge is 0.278 e. The van der Waals surface area contributed by atoms with Gasteiger partial charge in [0.1, 0.15) is 17.2 Å². The Labute approximate surface area is 151 Å². The predicted octanol–water partition coefficient (Wildman–Crippen LogP) is 3.24. The maximum atomic E-state index is 12.6. The highest BCUT2D eigenvalue weighted by Crippen LogP contribution is 2.24. The summed E-state index contributed by atoms with van der Waals surface area (Å²) in [5, 5.41) is 11.0. The molecule has 0 aliphatic heterocycles. The summed E-state index contributed by atoms with van der Waals surface area (Å²) in [4.78, 5) is 12.6. The van der Waals surface area contributed by atoms with E-state index in [2.05, 4.69) is 15.6 Å². The van der Waals surface area contributed by atoms with Gasteiger partial charge in [0.15, 0.2) is 5.69 Å². The van der Waals surface area contributed by atoms with Crippen LogP contribution in [-0.2, 0) is 0 Å². The predicted molar refractivity (Wildman–Crippen MR) is 98.2 cm³/mol. The van der Waals surface area contributed by atoms with E-state index in [0.29, 0.717) is 29.5 Å². The lowest BCUT2D eigenvalue weighted by molar-refractivity contribution is 0.102. The van der Waals surface area contributed by atoms with Crippen molar-refractivity contribution in [1.82, 2.24) is 15.0 Å². The first-order chi connectivity index (χ1) is 12.6. The highest BCUT2D eigenvalue weighted by atomic mass is 16.5. The number of anilines is 1. The molecule has 1 amide bonds. The Morgan fingerprint density at radius 3 is 2.77 bits per heavy atom. The van der Waals surface area contributed by atoms with E-state index in [1.165, 1.54) is 0 Å². The summed E-state index contributed by atoms with van der Waals surface area (Å²) >= 11 is 0. The van der Waals surface area contributed by atoms with Gasteiger partial charge >= 0.3 is 0 Å². The van der Waals surface area contributed by atoms with Crippen LogP contribution >= 0.6 is 0 Å². The molecule has 0 atom stereocenters. The van der Waals surface area contributed by atoms with Crippen LogP contribution in [0.3, 0.4) is 0 Å². The number of para-hydroxylation sites is 2. The molecule has 1 heterocycles. The second-order valence-electron chi connectivity index (χ2n) is 5.52. The minimum absolute atomic E-state index is 0.249. The molecular weight excluding hydrogens is 332 g/mol. The average Bonchev–Trinajstić information content (AvgIpc) is 3.04. The molecule has 134 valence electrons. The lowest BCUT2D eigenvalue weighted by Gasteiger charge is -2.10. The highest BCUT2D eigenvalue weighted by Gasteiger charge is 2.19. The van der Waals surface area contributed by atoms with E-state index in [-0.39, 0.29) is 11.6 Å². The van der Waals surface area contributed by atoms with Crippen molar-refractivity contribution >= 4 is 11.6 Å². The Morgan fingerprint density at radius 1 is 1.19 bits per heavy atom. The molecule has 3 aromatic rings. The summed E-state index contributed by atoms with van der Waals surface area (Å²) in [6.07, 6.45) is 0. The number of amides is 1. The average molecular weight is 352 g/mol. The van der Waals surface area contributed by atoms with E-state index in [0.717, 1.165) is 5.69 Å². The summed E-state index contributed by atoms with van der Waals surface area (Å²) in [7, 11) is 1.58. The van der Waals surface area contributed by atoms with Crippen molar-refractivity contribution in [3.63, 3.8) is 0 Å². The third-order valence-electron chi connectivity index (χ3n) is 3.83. The van der Waals surface area contributed by atoms with Crippen LogP contribution in [0.4, 0.5) is 5.69 Å². The molecule has 0 spiro atoms.